The second-order valence-corrected chi connectivity index (χ2v) is 10.2. The van der Waals surface area contributed by atoms with E-state index in [1.165, 1.54) is 25.7 Å². The molecule has 3 aromatic rings. The van der Waals surface area contributed by atoms with Gasteiger partial charge in [-0.1, -0.05) is 23.7 Å². The van der Waals surface area contributed by atoms with Gasteiger partial charge in [-0.25, -0.2) is 4.98 Å². The fraction of sp³-hybridized carbons (Fsp3) is 0.429. The molecule has 1 aromatic heterocycles. The second kappa shape index (κ2) is 11.5. The molecule has 1 atom stereocenters. The zero-order chi connectivity index (χ0) is 25.8. The highest BCUT2D eigenvalue weighted by Crippen LogP contribution is 2.34. The van der Waals surface area contributed by atoms with Crippen LogP contribution in [-0.4, -0.2) is 52.7 Å². The minimum Gasteiger partial charge on any atom is -0.484 e. The topological polar surface area (TPSA) is 99.9 Å². The van der Waals surface area contributed by atoms with Crippen LogP contribution in [0.4, 0.5) is 5.69 Å². The summed E-state index contributed by atoms with van der Waals surface area (Å²) in [5.41, 5.74) is 4.54. The van der Waals surface area contributed by atoms with Crippen LogP contribution in [0, 0.1) is 6.92 Å². The summed E-state index contributed by atoms with van der Waals surface area (Å²) in [5, 5.41) is 17.6. The number of rotatable bonds is 10. The third kappa shape index (κ3) is 6.26. The number of benzene rings is 2. The van der Waals surface area contributed by atoms with Crippen molar-refractivity contribution in [3.8, 4) is 5.75 Å². The summed E-state index contributed by atoms with van der Waals surface area (Å²) in [4.78, 5) is 18.9. The molecule has 37 heavy (non-hydrogen) atoms. The van der Waals surface area contributed by atoms with E-state index in [-0.39, 0.29) is 19.1 Å². The Morgan fingerprint density at radius 3 is 2.95 bits per heavy atom. The Morgan fingerprint density at radius 2 is 2.19 bits per heavy atom. The number of nitrogens with one attached hydrogen (secondary N) is 2. The molecule has 9 heteroatoms. The van der Waals surface area contributed by atoms with Crippen LogP contribution in [0.5, 0.6) is 5.75 Å². The fourth-order valence-corrected chi connectivity index (χ4v) is 5.07. The largest absolute Gasteiger partial charge is 0.484 e. The van der Waals surface area contributed by atoms with Gasteiger partial charge in [0.2, 0.25) is 0 Å². The number of hydrogen-bond donors (Lipinski definition) is 3. The predicted molar refractivity (Wildman–Crippen MR) is 142 cm³/mol. The molecule has 196 valence electrons. The summed E-state index contributed by atoms with van der Waals surface area (Å²) in [7, 11) is 0. The summed E-state index contributed by atoms with van der Waals surface area (Å²) in [6.07, 6.45) is 5.09. The van der Waals surface area contributed by atoms with Crippen LogP contribution >= 0.6 is 11.6 Å². The van der Waals surface area contributed by atoms with Crippen molar-refractivity contribution in [1.29, 1.82) is 0 Å². The van der Waals surface area contributed by atoms with E-state index in [1.807, 2.05) is 37.3 Å². The molecule has 2 heterocycles. The lowest BCUT2D eigenvalue weighted by Crippen LogP contribution is -2.42. The maximum absolute atomic E-state index is 12.6. The number of aryl methyl sites for hydroxylation is 1. The summed E-state index contributed by atoms with van der Waals surface area (Å²) < 4.78 is 11.2. The third-order valence-corrected chi connectivity index (χ3v) is 7.56. The summed E-state index contributed by atoms with van der Waals surface area (Å²) in [6, 6.07) is 11.9. The van der Waals surface area contributed by atoms with Gasteiger partial charge in [0.05, 0.1) is 16.8 Å². The van der Waals surface area contributed by atoms with E-state index < -0.39 is 6.10 Å². The van der Waals surface area contributed by atoms with E-state index in [0.717, 1.165) is 35.5 Å². The molecule has 1 fully saturated rings. The van der Waals surface area contributed by atoms with E-state index >= 15 is 0 Å². The van der Waals surface area contributed by atoms with E-state index in [4.69, 9.17) is 20.8 Å². The number of β-amino-alcohol motifs (C(OH)–C–C–N with tert-alkyl or cyclic N) is 1. The van der Waals surface area contributed by atoms with Crippen molar-refractivity contribution in [2.45, 2.75) is 57.9 Å². The number of aromatic nitrogens is 1. The van der Waals surface area contributed by atoms with Crippen LogP contribution in [0.1, 0.15) is 52.2 Å². The SMILES string of the molecule is Cc1ncoc1COc1ccc2c(c1Cl)CCN(C[C@@H](O)CNC(=O)c1cccc(NC3CCC3)c1)C2. The van der Waals surface area contributed by atoms with E-state index in [0.29, 0.717) is 41.2 Å². The molecule has 1 aliphatic carbocycles. The first kappa shape index (κ1) is 25.6. The maximum atomic E-state index is 12.6. The van der Waals surface area contributed by atoms with Gasteiger partial charge in [-0.05, 0) is 68.0 Å². The number of halogens is 1. The molecular weight excluding hydrogens is 492 g/mol. The standard InChI is InChI=1S/C28H33ClN4O4/c1-18-26(37-17-31-18)16-36-25-9-8-20-14-33(11-10-24(20)27(25)29)15-23(34)13-30-28(35)19-4-2-7-22(12-19)32-21-5-3-6-21/h2,4,7-9,12,17,21,23,32,34H,3,5-6,10-11,13-16H2,1H3,(H,30,35)/t23-/m0/s1. The molecule has 1 saturated carbocycles. The molecule has 5 rings (SSSR count). The van der Waals surface area contributed by atoms with Gasteiger partial charge in [-0.3, -0.25) is 9.69 Å². The fourth-order valence-electron chi connectivity index (χ4n) is 4.74. The van der Waals surface area contributed by atoms with E-state index in [9.17, 15) is 9.90 Å². The molecule has 0 saturated heterocycles. The van der Waals surface area contributed by atoms with Crippen LogP contribution in [0.2, 0.25) is 5.02 Å². The molecule has 8 nitrogen and oxygen atoms in total. The Bertz CT molecular complexity index is 1240. The number of fused-ring (bicyclic) bond motifs is 1. The highest BCUT2D eigenvalue weighted by molar-refractivity contribution is 6.33. The molecule has 0 unspecified atom stereocenters. The van der Waals surface area contributed by atoms with Crippen LogP contribution < -0.4 is 15.4 Å². The van der Waals surface area contributed by atoms with Crippen molar-refractivity contribution in [2.24, 2.45) is 0 Å². The molecule has 0 bridgehead atoms. The number of ether oxygens (including phenoxy) is 1. The van der Waals surface area contributed by atoms with Gasteiger partial charge >= 0.3 is 0 Å². The van der Waals surface area contributed by atoms with Crippen molar-refractivity contribution < 1.29 is 19.1 Å². The molecule has 1 amide bonds. The number of amides is 1. The molecule has 2 aliphatic rings. The number of aliphatic hydroxyl groups excluding tert-OH is 1. The monoisotopic (exact) mass is 524 g/mol. The number of aliphatic hydroxyl groups is 1. The van der Waals surface area contributed by atoms with Gasteiger partial charge in [0.25, 0.3) is 5.91 Å². The summed E-state index contributed by atoms with van der Waals surface area (Å²) in [5.74, 6) is 1.12. The first-order chi connectivity index (χ1) is 18.0. The van der Waals surface area contributed by atoms with Gasteiger partial charge < -0.3 is 24.9 Å². The minimum atomic E-state index is -0.676. The Balaban J connectivity index is 1.10. The molecule has 3 N–H and O–H groups in total. The quantitative estimate of drug-likeness (QED) is 0.363. The molecule has 0 radical (unpaired) electrons. The zero-order valence-electron chi connectivity index (χ0n) is 21.0. The number of carbonyl (C=O) groups is 1. The Hall–Kier alpha value is -3.07. The third-order valence-electron chi connectivity index (χ3n) is 7.15. The van der Waals surface area contributed by atoms with Crippen molar-refractivity contribution in [1.82, 2.24) is 15.2 Å². The lowest BCUT2D eigenvalue weighted by Gasteiger charge is -2.31. The number of nitrogens with zero attached hydrogens (tertiary/aromatic N) is 2. The van der Waals surface area contributed by atoms with Crippen LogP contribution in [0.25, 0.3) is 0 Å². The van der Waals surface area contributed by atoms with Crippen LogP contribution in [-0.2, 0) is 19.6 Å². The Labute approximate surface area is 222 Å². The lowest BCUT2D eigenvalue weighted by molar-refractivity contribution is 0.0841. The first-order valence-corrected chi connectivity index (χ1v) is 13.2. The highest BCUT2D eigenvalue weighted by atomic mass is 35.5. The normalized spacial score (nSPS) is 16.5. The average molecular weight is 525 g/mol. The molecule has 1 aliphatic heterocycles. The number of carbonyl (C=O) groups excluding carboxylic acids is 1. The van der Waals surface area contributed by atoms with Gasteiger partial charge in [0.15, 0.2) is 12.2 Å². The van der Waals surface area contributed by atoms with Crippen LogP contribution in [0.3, 0.4) is 0 Å². The van der Waals surface area contributed by atoms with Gasteiger partial charge in [0.1, 0.15) is 12.4 Å². The smallest absolute Gasteiger partial charge is 0.251 e. The number of hydrogen-bond acceptors (Lipinski definition) is 7. The number of anilines is 1. The van der Waals surface area contributed by atoms with Gasteiger partial charge in [0, 0.05) is 43.5 Å². The highest BCUT2D eigenvalue weighted by Gasteiger charge is 2.23. The van der Waals surface area contributed by atoms with Gasteiger partial charge in [-0.15, -0.1) is 0 Å². The van der Waals surface area contributed by atoms with Crippen molar-refractivity contribution in [2.75, 3.05) is 25.0 Å². The van der Waals surface area contributed by atoms with Crippen LogP contribution in [0.15, 0.2) is 47.2 Å². The second-order valence-electron chi connectivity index (χ2n) is 9.87. The van der Waals surface area contributed by atoms with Gasteiger partial charge in [-0.2, -0.15) is 0 Å². The Kier molecular flexibility index (Phi) is 7.98. The maximum Gasteiger partial charge on any atom is 0.251 e. The van der Waals surface area contributed by atoms with Crippen molar-refractivity contribution in [3.05, 3.63) is 76.0 Å². The van der Waals surface area contributed by atoms with E-state index in [2.05, 4.69) is 20.5 Å². The minimum absolute atomic E-state index is 0.180. The van der Waals surface area contributed by atoms with Crippen molar-refractivity contribution in [3.63, 3.8) is 0 Å². The average Bonchev–Trinajstić information content (AvgIpc) is 3.29. The molecule has 2 aromatic carbocycles. The lowest BCUT2D eigenvalue weighted by atomic mass is 9.93. The van der Waals surface area contributed by atoms with Crippen molar-refractivity contribution >= 4 is 23.2 Å². The predicted octanol–water partition coefficient (Wildman–Crippen LogP) is 4.33. The molecule has 0 spiro atoms. The summed E-state index contributed by atoms with van der Waals surface area (Å²) >= 11 is 6.66. The Morgan fingerprint density at radius 1 is 1.32 bits per heavy atom. The zero-order valence-corrected chi connectivity index (χ0v) is 21.8. The van der Waals surface area contributed by atoms with E-state index in [1.54, 1.807) is 6.07 Å². The summed E-state index contributed by atoms with van der Waals surface area (Å²) in [6.45, 7) is 4.24. The first-order valence-electron chi connectivity index (χ1n) is 12.8. The number of oxazole rings is 1. The molecular formula is C28H33ClN4O4.